The maximum Gasteiger partial charge on any atom is 0.122 e. The Hall–Kier alpha value is -1.02. The zero-order chi connectivity index (χ0) is 13.3. The van der Waals surface area contributed by atoms with Crippen LogP contribution in [0.5, 0.6) is 5.75 Å². The van der Waals surface area contributed by atoms with Crippen LogP contribution >= 0.6 is 0 Å². The molecule has 0 aromatic heterocycles. The molecule has 0 bridgehead atoms. The molecule has 0 radical (unpaired) electrons. The van der Waals surface area contributed by atoms with Gasteiger partial charge in [-0.2, -0.15) is 0 Å². The van der Waals surface area contributed by atoms with Gasteiger partial charge in [0.05, 0.1) is 12.7 Å². The average Bonchev–Trinajstić information content (AvgIpc) is 2.15. The number of benzene rings is 1. The van der Waals surface area contributed by atoms with Gasteiger partial charge in [0.2, 0.25) is 0 Å². The SMILES string of the molecule is COc1ccc(C)cc1CC(C)(O)C(C)(C)C. The van der Waals surface area contributed by atoms with Crippen LogP contribution in [-0.2, 0) is 6.42 Å². The highest BCUT2D eigenvalue weighted by molar-refractivity contribution is 5.38. The van der Waals surface area contributed by atoms with E-state index < -0.39 is 5.60 Å². The molecule has 1 aromatic carbocycles. The number of aliphatic hydroxyl groups is 1. The van der Waals surface area contributed by atoms with Crippen molar-refractivity contribution >= 4 is 0 Å². The summed E-state index contributed by atoms with van der Waals surface area (Å²) in [6, 6.07) is 6.07. The minimum atomic E-state index is -0.756. The van der Waals surface area contributed by atoms with Crippen molar-refractivity contribution in [3.63, 3.8) is 0 Å². The lowest BCUT2D eigenvalue weighted by Gasteiger charge is -2.37. The van der Waals surface area contributed by atoms with E-state index in [0.717, 1.165) is 11.3 Å². The third-order valence-electron chi connectivity index (χ3n) is 3.59. The van der Waals surface area contributed by atoms with Gasteiger partial charge in [-0.15, -0.1) is 0 Å². The Balaban J connectivity index is 3.06. The number of hydrogen-bond donors (Lipinski definition) is 1. The first-order valence-electron chi connectivity index (χ1n) is 6.03. The monoisotopic (exact) mass is 236 g/mol. The van der Waals surface area contributed by atoms with Crippen molar-refractivity contribution in [2.45, 2.75) is 46.6 Å². The van der Waals surface area contributed by atoms with Crippen LogP contribution in [0.15, 0.2) is 18.2 Å². The minimum Gasteiger partial charge on any atom is -0.496 e. The van der Waals surface area contributed by atoms with Crippen LogP contribution < -0.4 is 4.74 Å². The van der Waals surface area contributed by atoms with Gasteiger partial charge in [0.1, 0.15) is 5.75 Å². The van der Waals surface area contributed by atoms with Crippen LogP contribution in [0.4, 0.5) is 0 Å². The van der Waals surface area contributed by atoms with Crippen molar-refractivity contribution in [3.8, 4) is 5.75 Å². The van der Waals surface area contributed by atoms with Gasteiger partial charge in [-0.25, -0.2) is 0 Å². The Kier molecular flexibility index (Phi) is 3.88. The quantitative estimate of drug-likeness (QED) is 0.872. The fraction of sp³-hybridized carbons (Fsp3) is 0.600. The van der Waals surface area contributed by atoms with Crippen molar-refractivity contribution in [3.05, 3.63) is 29.3 Å². The molecule has 1 rings (SSSR count). The molecule has 2 nitrogen and oxygen atoms in total. The summed E-state index contributed by atoms with van der Waals surface area (Å²) in [6.45, 7) is 10.1. The smallest absolute Gasteiger partial charge is 0.122 e. The van der Waals surface area contributed by atoms with E-state index in [-0.39, 0.29) is 5.41 Å². The fourth-order valence-corrected chi connectivity index (χ4v) is 1.68. The lowest BCUT2D eigenvalue weighted by Crippen LogP contribution is -2.41. The standard InChI is InChI=1S/C15H24O2/c1-11-7-8-13(17-6)12(9-11)10-15(5,16)14(2,3)4/h7-9,16H,10H2,1-6H3. The molecule has 96 valence electrons. The van der Waals surface area contributed by atoms with Crippen molar-refractivity contribution in [1.29, 1.82) is 0 Å². The molecule has 0 aliphatic heterocycles. The van der Waals surface area contributed by atoms with E-state index in [1.807, 2.05) is 19.1 Å². The summed E-state index contributed by atoms with van der Waals surface area (Å²) in [5, 5.41) is 10.6. The topological polar surface area (TPSA) is 29.5 Å². The van der Waals surface area contributed by atoms with Crippen LogP contribution in [0, 0.1) is 12.3 Å². The summed E-state index contributed by atoms with van der Waals surface area (Å²) < 4.78 is 5.35. The van der Waals surface area contributed by atoms with Gasteiger partial charge in [-0.3, -0.25) is 0 Å². The highest BCUT2D eigenvalue weighted by atomic mass is 16.5. The normalized spacial score (nSPS) is 15.5. The zero-order valence-corrected chi connectivity index (χ0v) is 11.8. The molecule has 0 aliphatic rings. The first-order chi connectivity index (χ1) is 7.67. The Morgan fingerprint density at radius 2 is 1.76 bits per heavy atom. The van der Waals surface area contributed by atoms with Gasteiger partial charge >= 0.3 is 0 Å². The van der Waals surface area contributed by atoms with Crippen LogP contribution in [0.3, 0.4) is 0 Å². The van der Waals surface area contributed by atoms with E-state index in [0.29, 0.717) is 6.42 Å². The third-order valence-corrected chi connectivity index (χ3v) is 3.59. The summed E-state index contributed by atoms with van der Waals surface area (Å²) in [6.07, 6.45) is 0.599. The highest BCUT2D eigenvalue weighted by Gasteiger charge is 2.35. The van der Waals surface area contributed by atoms with Crippen LogP contribution in [0.2, 0.25) is 0 Å². The number of hydrogen-bond acceptors (Lipinski definition) is 2. The van der Waals surface area contributed by atoms with Crippen LogP contribution in [-0.4, -0.2) is 17.8 Å². The van der Waals surface area contributed by atoms with Gasteiger partial charge in [0.25, 0.3) is 0 Å². The maximum atomic E-state index is 10.6. The summed E-state index contributed by atoms with van der Waals surface area (Å²) in [7, 11) is 1.67. The van der Waals surface area contributed by atoms with Crippen molar-refractivity contribution in [2.24, 2.45) is 5.41 Å². The summed E-state index contributed by atoms with van der Waals surface area (Å²) >= 11 is 0. The predicted octanol–water partition coefficient (Wildman–Crippen LogP) is 3.34. The first kappa shape index (κ1) is 14.0. The molecule has 2 heteroatoms. The molecular formula is C15H24O2. The van der Waals surface area contributed by atoms with Gasteiger partial charge in [0, 0.05) is 6.42 Å². The van der Waals surface area contributed by atoms with Crippen LogP contribution in [0.1, 0.15) is 38.8 Å². The molecule has 0 amide bonds. The number of ether oxygens (including phenoxy) is 1. The summed E-state index contributed by atoms with van der Waals surface area (Å²) in [5.74, 6) is 0.847. The van der Waals surface area contributed by atoms with Gasteiger partial charge in [-0.05, 0) is 30.9 Å². The predicted molar refractivity (Wildman–Crippen MR) is 71.5 cm³/mol. The molecule has 0 fully saturated rings. The van der Waals surface area contributed by atoms with E-state index in [1.54, 1.807) is 7.11 Å². The van der Waals surface area contributed by atoms with Crippen molar-refractivity contribution in [1.82, 2.24) is 0 Å². The molecule has 1 N–H and O–H groups in total. The Morgan fingerprint density at radius 3 is 2.24 bits per heavy atom. The van der Waals surface area contributed by atoms with E-state index in [9.17, 15) is 5.11 Å². The van der Waals surface area contributed by atoms with Crippen molar-refractivity contribution < 1.29 is 9.84 Å². The van der Waals surface area contributed by atoms with Gasteiger partial charge < -0.3 is 9.84 Å². The number of aryl methyl sites for hydroxylation is 1. The second kappa shape index (κ2) is 4.69. The first-order valence-corrected chi connectivity index (χ1v) is 6.03. The second-order valence-electron chi connectivity index (χ2n) is 6.02. The highest BCUT2D eigenvalue weighted by Crippen LogP contribution is 2.35. The Labute approximate surface area is 105 Å². The maximum absolute atomic E-state index is 10.6. The van der Waals surface area contributed by atoms with Crippen LogP contribution in [0.25, 0.3) is 0 Å². The largest absolute Gasteiger partial charge is 0.496 e. The lowest BCUT2D eigenvalue weighted by atomic mass is 9.74. The van der Waals surface area contributed by atoms with E-state index in [2.05, 4.69) is 33.8 Å². The molecule has 0 heterocycles. The summed E-state index contributed by atoms with van der Waals surface area (Å²) in [4.78, 5) is 0. The average molecular weight is 236 g/mol. The Morgan fingerprint density at radius 1 is 1.18 bits per heavy atom. The molecule has 1 atom stereocenters. The summed E-state index contributed by atoms with van der Waals surface area (Å²) in [5.41, 5.74) is 1.33. The molecular weight excluding hydrogens is 212 g/mol. The van der Waals surface area contributed by atoms with Gasteiger partial charge in [-0.1, -0.05) is 38.5 Å². The molecule has 0 aliphatic carbocycles. The zero-order valence-electron chi connectivity index (χ0n) is 11.8. The molecule has 1 aromatic rings. The molecule has 0 saturated heterocycles. The van der Waals surface area contributed by atoms with E-state index in [4.69, 9.17) is 4.74 Å². The Bertz CT molecular complexity index is 386. The fourth-order valence-electron chi connectivity index (χ4n) is 1.68. The molecule has 0 saturated carbocycles. The van der Waals surface area contributed by atoms with E-state index in [1.165, 1.54) is 5.56 Å². The van der Waals surface area contributed by atoms with E-state index >= 15 is 0 Å². The molecule has 1 unspecified atom stereocenters. The van der Waals surface area contributed by atoms with Gasteiger partial charge in [0.15, 0.2) is 0 Å². The minimum absolute atomic E-state index is 0.165. The second-order valence-corrected chi connectivity index (χ2v) is 6.02. The third kappa shape index (κ3) is 3.22. The molecule has 0 spiro atoms. The number of rotatable bonds is 3. The number of methoxy groups -OCH3 is 1. The molecule has 17 heavy (non-hydrogen) atoms. The van der Waals surface area contributed by atoms with Crippen molar-refractivity contribution in [2.75, 3.05) is 7.11 Å². The lowest BCUT2D eigenvalue weighted by molar-refractivity contribution is -0.0409.